The average molecular weight is 366 g/mol. The number of anilines is 1. The van der Waals surface area contributed by atoms with Crippen LogP contribution in [0.25, 0.3) is 0 Å². The lowest BCUT2D eigenvalue weighted by atomic mass is 10.2. The topological polar surface area (TPSA) is 81.8 Å². The Balaban J connectivity index is 1.84. The van der Waals surface area contributed by atoms with Crippen LogP contribution in [0.5, 0.6) is 0 Å². The van der Waals surface area contributed by atoms with Crippen LogP contribution in [0.2, 0.25) is 5.02 Å². The minimum Gasteiger partial charge on any atom is -0.274 e. The summed E-state index contributed by atoms with van der Waals surface area (Å²) < 4.78 is 30.4. The predicted octanol–water partition coefficient (Wildman–Crippen LogP) is 2.43. The second kappa shape index (κ2) is 6.29. The summed E-state index contributed by atoms with van der Waals surface area (Å²) in [5, 5.41) is 8.49. The van der Waals surface area contributed by atoms with Gasteiger partial charge in [0, 0.05) is 19.4 Å². The lowest BCUT2D eigenvalue weighted by molar-refractivity contribution is 0.600. The van der Waals surface area contributed by atoms with E-state index in [0.29, 0.717) is 12.2 Å². The summed E-state index contributed by atoms with van der Waals surface area (Å²) in [5.41, 5.74) is 1.44. The second-order valence-electron chi connectivity index (χ2n) is 5.37. The standard InChI is InChI=1S/C15H16ClN5O2S/c1-11-14(10-20(2)17-11)24(22,23)19-15-13(16)9-21(18-15)8-12-6-4-3-5-7-12/h3-7,9-10H,8H2,1-2H3,(H,18,19). The first-order valence-corrected chi connectivity index (χ1v) is 9.01. The van der Waals surface area contributed by atoms with Gasteiger partial charge in [-0.25, -0.2) is 8.42 Å². The number of aromatic nitrogens is 4. The van der Waals surface area contributed by atoms with Gasteiger partial charge in [-0.15, -0.1) is 0 Å². The summed E-state index contributed by atoms with van der Waals surface area (Å²) in [4.78, 5) is 0.0960. The maximum atomic E-state index is 12.5. The number of nitrogens with one attached hydrogen (secondary N) is 1. The van der Waals surface area contributed by atoms with Crippen molar-refractivity contribution in [1.82, 2.24) is 19.6 Å². The highest BCUT2D eigenvalue weighted by Gasteiger charge is 2.22. The van der Waals surface area contributed by atoms with E-state index in [-0.39, 0.29) is 15.7 Å². The van der Waals surface area contributed by atoms with Crippen LogP contribution in [0.15, 0.2) is 47.6 Å². The molecular formula is C15H16ClN5O2S. The van der Waals surface area contributed by atoms with Gasteiger partial charge in [-0.2, -0.15) is 10.2 Å². The van der Waals surface area contributed by atoms with Crippen LogP contribution in [-0.4, -0.2) is 28.0 Å². The van der Waals surface area contributed by atoms with E-state index >= 15 is 0 Å². The summed E-state index contributed by atoms with van der Waals surface area (Å²) in [6, 6.07) is 9.69. The minimum atomic E-state index is -3.80. The van der Waals surface area contributed by atoms with Gasteiger partial charge in [0.05, 0.1) is 12.2 Å². The van der Waals surface area contributed by atoms with Crippen LogP contribution in [0, 0.1) is 6.92 Å². The molecule has 0 aliphatic rings. The van der Waals surface area contributed by atoms with E-state index in [9.17, 15) is 8.42 Å². The lowest BCUT2D eigenvalue weighted by Crippen LogP contribution is -2.14. The van der Waals surface area contributed by atoms with Gasteiger partial charge in [-0.3, -0.25) is 14.1 Å². The third-order valence-electron chi connectivity index (χ3n) is 3.39. The smallest absolute Gasteiger partial charge is 0.266 e. The Labute approximate surface area is 144 Å². The molecule has 1 aromatic carbocycles. The van der Waals surface area contributed by atoms with Crippen LogP contribution in [-0.2, 0) is 23.6 Å². The third-order valence-corrected chi connectivity index (χ3v) is 5.11. The van der Waals surface area contributed by atoms with Gasteiger partial charge in [0.25, 0.3) is 10.0 Å². The zero-order valence-corrected chi connectivity index (χ0v) is 14.7. The molecule has 0 bridgehead atoms. The first kappa shape index (κ1) is 16.5. The van der Waals surface area contributed by atoms with E-state index in [4.69, 9.17) is 11.6 Å². The maximum Gasteiger partial charge on any atom is 0.266 e. The Hall–Kier alpha value is -2.32. The number of hydrogen-bond donors (Lipinski definition) is 1. The van der Waals surface area contributed by atoms with Gasteiger partial charge < -0.3 is 0 Å². The molecule has 2 aromatic heterocycles. The Bertz CT molecular complexity index is 963. The van der Waals surface area contributed by atoms with Gasteiger partial charge in [-0.05, 0) is 12.5 Å². The fourth-order valence-electron chi connectivity index (χ4n) is 2.34. The van der Waals surface area contributed by atoms with E-state index in [2.05, 4.69) is 14.9 Å². The summed E-state index contributed by atoms with van der Waals surface area (Å²) in [6.07, 6.45) is 3.02. The van der Waals surface area contributed by atoms with Crippen molar-refractivity contribution in [2.45, 2.75) is 18.4 Å². The number of rotatable bonds is 5. The molecule has 0 unspecified atom stereocenters. The molecule has 2 heterocycles. The van der Waals surface area contributed by atoms with Crippen LogP contribution in [0.3, 0.4) is 0 Å². The van der Waals surface area contributed by atoms with Gasteiger partial charge >= 0.3 is 0 Å². The molecule has 7 nitrogen and oxygen atoms in total. The zero-order chi connectivity index (χ0) is 17.3. The summed E-state index contributed by atoms with van der Waals surface area (Å²) >= 11 is 6.12. The predicted molar refractivity (Wildman–Crippen MR) is 91.5 cm³/mol. The van der Waals surface area contributed by atoms with Crippen molar-refractivity contribution in [3.63, 3.8) is 0 Å². The van der Waals surface area contributed by atoms with Crippen LogP contribution in [0.1, 0.15) is 11.3 Å². The molecule has 1 N–H and O–H groups in total. The molecular weight excluding hydrogens is 350 g/mol. The summed E-state index contributed by atoms with van der Waals surface area (Å²) in [5.74, 6) is 0.0934. The largest absolute Gasteiger partial charge is 0.274 e. The first-order valence-electron chi connectivity index (χ1n) is 7.15. The lowest BCUT2D eigenvalue weighted by Gasteiger charge is -2.04. The fourth-order valence-corrected chi connectivity index (χ4v) is 3.83. The number of nitrogens with zero attached hydrogens (tertiary/aromatic N) is 4. The Morgan fingerprint density at radius 3 is 2.50 bits per heavy atom. The quantitative estimate of drug-likeness (QED) is 0.752. The molecule has 3 aromatic rings. The van der Waals surface area contributed by atoms with Gasteiger partial charge in [-0.1, -0.05) is 41.9 Å². The summed E-state index contributed by atoms with van der Waals surface area (Å²) in [6.45, 7) is 2.12. The Kier molecular flexibility index (Phi) is 4.33. The van der Waals surface area contributed by atoms with Gasteiger partial charge in [0.15, 0.2) is 5.82 Å². The average Bonchev–Trinajstić information content (AvgIpc) is 3.02. The van der Waals surface area contributed by atoms with Crippen molar-refractivity contribution >= 4 is 27.4 Å². The Morgan fingerprint density at radius 1 is 1.17 bits per heavy atom. The summed E-state index contributed by atoms with van der Waals surface area (Å²) in [7, 11) is -2.14. The molecule has 9 heteroatoms. The number of benzene rings is 1. The Morgan fingerprint density at radius 2 is 1.88 bits per heavy atom. The molecule has 3 rings (SSSR count). The SMILES string of the molecule is Cc1nn(C)cc1S(=O)(=O)Nc1nn(Cc2ccccc2)cc1Cl. The number of hydrogen-bond acceptors (Lipinski definition) is 4. The maximum absolute atomic E-state index is 12.5. The highest BCUT2D eigenvalue weighted by atomic mass is 35.5. The molecule has 0 saturated heterocycles. The number of aryl methyl sites for hydroxylation is 2. The van der Waals surface area contributed by atoms with E-state index in [1.54, 1.807) is 24.9 Å². The van der Waals surface area contributed by atoms with Crippen LogP contribution >= 0.6 is 11.6 Å². The molecule has 0 aliphatic carbocycles. The van der Waals surface area contributed by atoms with E-state index in [1.165, 1.54) is 10.9 Å². The molecule has 0 fully saturated rings. The molecule has 0 amide bonds. The van der Waals surface area contributed by atoms with Crippen molar-refractivity contribution in [2.75, 3.05) is 4.72 Å². The molecule has 0 saturated carbocycles. The van der Waals surface area contributed by atoms with E-state index in [0.717, 1.165) is 5.56 Å². The molecule has 0 aliphatic heterocycles. The highest BCUT2D eigenvalue weighted by molar-refractivity contribution is 7.92. The normalized spacial score (nSPS) is 11.6. The van der Waals surface area contributed by atoms with Gasteiger partial charge in [0.2, 0.25) is 0 Å². The number of halogens is 1. The third kappa shape index (κ3) is 3.44. The zero-order valence-electron chi connectivity index (χ0n) is 13.1. The monoisotopic (exact) mass is 365 g/mol. The first-order chi connectivity index (χ1) is 11.3. The number of sulfonamides is 1. The molecule has 0 spiro atoms. The second-order valence-corrected chi connectivity index (χ2v) is 7.42. The van der Waals surface area contributed by atoms with E-state index in [1.807, 2.05) is 30.3 Å². The van der Waals surface area contributed by atoms with E-state index < -0.39 is 10.0 Å². The van der Waals surface area contributed by atoms with Crippen LogP contribution < -0.4 is 4.72 Å². The van der Waals surface area contributed by atoms with Crippen molar-refractivity contribution in [3.05, 3.63) is 59.0 Å². The van der Waals surface area contributed by atoms with Crippen molar-refractivity contribution < 1.29 is 8.42 Å². The minimum absolute atomic E-state index is 0.0934. The highest BCUT2D eigenvalue weighted by Crippen LogP contribution is 2.24. The molecule has 24 heavy (non-hydrogen) atoms. The molecule has 0 atom stereocenters. The van der Waals surface area contributed by atoms with Gasteiger partial charge in [0.1, 0.15) is 9.92 Å². The van der Waals surface area contributed by atoms with Crippen molar-refractivity contribution in [1.29, 1.82) is 0 Å². The van der Waals surface area contributed by atoms with Crippen LogP contribution in [0.4, 0.5) is 5.82 Å². The van der Waals surface area contributed by atoms with Crippen molar-refractivity contribution in [3.8, 4) is 0 Å². The van der Waals surface area contributed by atoms with Crippen molar-refractivity contribution in [2.24, 2.45) is 7.05 Å². The molecule has 0 radical (unpaired) electrons. The fraction of sp³-hybridized carbons (Fsp3) is 0.200. The molecule has 126 valence electrons.